The first-order valence-electron chi connectivity index (χ1n) is 5.64. The molecule has 2 rings (SSSR count). The van der Waals surface area contributed by atoms with E-state index in [9.17, 15) is 4.79 Å². The van der Waals surface area contributed by atoms with E-state index in [4.69, 9.17) is 0 Å². The predicted molar refractivity (Wildman–Crippen MR) is 66.4 cm³/mol. The van der Waals surface area contributed by atoms with Crippen LogP contribution in [0.3, 0.4) is 0 Å². The lowest BCUT2D eigenvalue weighted by molar-refractivity contribution is -0.110. The maximum absolute atomic E-state index is 10.1. The molecule has 1 aromatic rings. The Hall–Kier alpha value is -1.72. The van der Waals surface area contributed by atoms with Gasteiger partial charge in [0.15, 0.2) is 0 Å². The minimum atomic E-state index is -0.362. The summed E-state index contributed by atoms with van der Waals surface area (Å²) in [6.45, 7) is 1.42. The van der Waals surface area contributed by atoms with Crippen molar-refractivity contribution in [2.75, 3.05) is 13.1 Å². The fourth-order valence-corrected chi connectivity index (χ4v) is 2.01. The van der Waals surface area contributed by atoms with Crippen molar-refractivity contribution in [1.82, 2.24) is 16.2 Å². The monoisotopic (exact) mass is 232 g/mol. The molecule has 1 atom stereocenters. The molecule has 1 aliphatic heterocycles. The first kappa shape index (κ1) is 11.8. The standard InChI is InChI=1S/C12H16N4O/c17-10-16-15-7-6-12(13-8-9-14-12)11-4-2-1-3-5-11/h1-5,8,10,14-15H,6-7,9H2,(H,16,17). The quantitative estimate of drug-likeness (QED) is 0.372. The summed E-state index contributed by atoms with van der Waals surface area (Å²) in [7, 11) is 0. The number of hydrazine groups is 1. The summed E-state index contributed by atoms with van der Waals surface area (Å²) in [5, 5.41) is 3.38. The molecule has 90 valence electrons. The molecule has 1 unspecified atom stereocenters. The number of nitrogens with one attached hydrogen (secondary N) is 3. The highest BCUT2D eigenvalue weighted by atomic mass is 16.1. The summed E-state index contributed by atoms with van der Waals surface area (Å²) in [4.78, 5) is 14.7. The normalized spacial score (nSPS) is 22.6. The van der Waals surface area contributed by atoms with E-state index in [0.29, 0.717) is 13.0 Å². The van der Waals surface area contributed by atoms with Gasteiger partial charge in [0.25, 0.3) is 0 Å². The molecule has 5 nitrogen and oxygen atoms in total. The molecule has 0 spiro atoms. The van der Waals surface area contributed by atoms with Gasteiger partial charge in [-0.05, 0) is 5.56 Å². The first-order chi connectivity index (χ1) is 8.37. The van der Waals surface area contributed by atoms with E-state index >= 15 is 0 Å². The minimum Gasteiger partial charge on any atom is -0.294 e. The summed E-state index contributed by atoms with van der Waals surface area (Å²) >= 11 is 0. The summed E-state index contributed by atoms with van der Waals surface area (Å²) < 4.78 is 0. The van der Waals surface area contributed by atoms with Gasteiger partial charge in [-0.15, -0.1) is 0 Å². The van der Waals surface area contributed by atoms with Crippen LogP contribution in [0.5, 0.6) is 0 Å². The summed E-state index contributed by atoms with van der Waals surface area (Å²) in [6.07, 6.45) is 3.29. The highest BCUT2D eigenvalue weighted by molar-refractivity contribution is 5.63. The zero-order valence-corrected chi connectivity index (χ0v) is 9.52. The van der Waals surface area contributed by atoms with Crippen LogP contribution in [0.2, 0.25) is 0 Å². The number of carbonyl (C=O) groups is 1. The molecule has 0 saturated carbocycles. The SMILES string of the molecule is O=CNNCCC1(c2ccccc2)N=CCN1. The number of nitrogens with zero attached hydrogens (tertiary/aromatic N) is 1. The van der Waals surface area contributed by atoms with Crippen molar-refractivity contribution < 1.29 is 4.79 Å². The molecule has 0 radical (unpaired) electrons. The van der Waals surface area contributed by atoms with Gasteiger partial charge in [0.2, 0.25) is 6.41 Å². The molecule has 0 saturated heterocycles. The molecule has 1 heterocycles. The van der Waals surface area contributed by atoms with Crippen LogP contribution in [-0.4, -0.2) is 25.7 Å². The molecule has 0 fully saturated rings. The third kappa shape index (κ3) is 2.69. The molecule has 1 amide bonds. The molecule has 0 aromatic heterocycles. The van der Waals surface area contributed by atoms with Crippen molar-refractivity contribution in [2.24, 2.45) is 4.99 Å². The van der Waals surface area contributed by atoms with Crippen molar-refractivity contribution in [1.29, 1.82) is 0 Å². The Bertz CT molecular complexity index is 393. The predicted octanol–water partition coefficient (Wildman–Crippen LogP) is 0.154. The van der Waals surface area contributed by atoms with Crippen LogP contribution in [0.1, 0.15) is 12.0 Å². The molecular weight excluding hydrogens is 216 g/mol. The van der Waals surface area contributed by atoms with Crippen LogP contribution >= 0.6 is 0 Å². The van der Waals surface area contributed by atoms with Gasteiger partial charge < -0.3 is 0 Å². The van der Waals surface area contributed by atoms with Crippen LogP contribution in [0.15, 0.2) is 35.3 Å². The highest BCUT2D eigenvalue weighted by Gasteiger charge is 2.32. The van der Waals surface area contributed by atoms with Gasteiger partial charge in [0.05, 0.1) is 0 Å². The minimum absolute atomic E-state index is 0.362. The van der Waals surface area contributed by atoms with Crippen LogP contribution in [0.4, 0.5) is 0 Å². The van der Waals surface area contributed by atoms with E-state index in [-0.39, 0.29) is 5.66 Å². The average molecular weight is 232 g/mol. The topological polar surface area (TPSA) is 65.5 Å². The van der Waals surface area contributed by atoms with Crippen molar-refractivity contribution in [3.05, 3.63) is 35.9 Å². The lowest BCUT2D eigenvalue weighted by Gasteiger charge is -2.27. The van der Waals surface area contributed by atoms with Gasteiger partial charge in [-0.2, -0.15) is 0 Å². The Morgan fingerprint density at radius 2 is 2.24 bits per heavy atom. The number of amides is 1. The fourth-order valence-electron chi connectivity index (χ4n) is 2.01. The van der Waals surface area contributed by atoms with Crippen LogP contribution in [0.25, 0.3) is 0 Å². The van der Waals surface area contributed by atoms with Gasteiger partial charge in [-0.1, -0.05) is 30.3 Å². The second-order valence-electron chi connectivity index (χ2n) is 3.86. The van der Waals surface area contributed by atoms with Crippen LogP contribution < -0.4 is 16.2 Å². The van der Waals surface area contributed by atoms with E-state index in [1.807, 2.05) is 24.4 Å². The van der Waals surface area contributed by atoms with Gasteiger partial charge in [-0.3, -0.25) is 20.5 Å². The Kier molecular flexibility index (Phi) is 3.85. The average Bonchev–Trinajstić information content (AvgIpc) is 2.86. The van der Waals surface area contributed by atoms with E-state index in [1.54, 1.807) is 0 Å². The zero-order valence-electron chi connectivity index (χ0n) is 9.52. The molecule has 0 aliphatic carbocycles. The highest BCUT2D eigenvalue weighted by Crippen LogP contribution is 2.27. The molecule has 1 aromatic carbocycles. The Balaban J connectivity index is 2.05. The zero-order chi connectivity index (χ0) is 12.0. The van der Waals surface area contributed by atoms with Gasteiger partial charge in [0.1, 0.15) is 5.66 Å². The summed E-state index contributed by atoms with van der Waals surface area (Å²) in [6, 6.07) is 10.1. The van der Waals surface area contributed by atoms with E-state index < -0.39 is 0 Å². The number of aliphatic imine (C=N–C) groups is 1. The number of benzene rings is 1. The second kappa shape index (κ2) is 5.56. The summed E-state index contributed by atoms with van der Waals surface area (Å²) in [5.74, 6) is 0. The first-order valence-corrected chi connectivity index (χ1v) is 5.64. The van der Waals surface area contributed by atoms with Gasteiger partial charge in [-0.25, -0.2) is 5.43 Å². The van der Waals surface area contributed by atoms with Crippen molar-refractivity contribution in [3.63, 3.8) is 0 Å². The Morgan fingerprint density at radius 3 is 2.88 bits per heavy atom. The third-order valence-electron chi connectivity index (χ3n) is 2.82. The largest absolute Gasteiger partial charge is 0.294 e. The summed E-state index contributed by atoms with van der Waals surface area (Å²) in [5.41, 5.74) is 6.03. The lowest BCUT2D eigenvalue weighted by atomic mass is 9.97. The smallest absolute Gasteiger partial charge is 0.221 e. The maximum Gasteiger partial charge on any atom is 0.221 e. The van der Waals surface area contributed by atoms with Crippen molar-refractivity contribution in [2.45, 2.75) is 12.1 Å². The molecular formula is C12H16N4O. The number of rotatable bonds is 6. The van der Waals surface area contributed by atoms with E-state index in [1.165, 1.54) is 0 Å². The molecule has 3 N–H and O–H groups in total. The molecule has 17 heavy (non-hydrogen) atoms. The Morgan fingerprint density at radius 1 is 1.41 bits per heavy atom. The maximum atomic E-state index is 10.1. The van der Waals surface area contributed by atoms with Crippen molar-refractivity contribution in [3.8, 4) is 0 Å². The lowest BCUT2D eigenvalue weighted by Crippen LogP contribution is -2.41. The van der Waals surface area contributed by atoms with E-state index in [0.717, 1.165) is 18.5 Å². The third-order valence-corrected chi connectivity index (χ3v) is 2.82. The second-order valence-corrected chi connectivity index (χ2v) is 3.86. The number of carbonyl (C=O) groups excluding carboxylic acids is 1. The van der Waals surface area contributed by atoms with Crippen molar-refractivity contribution >= 4 is 12.6 Å². The molecule has 5 heteroatoms. The molecule has 0 bridgehead atoms. The van der Waals surface area contributed by atoms with Gasteiger partial charge >= 0.3 is 0 Å². The van der Waals surface area contributed by atoms with E-state index in [2.05, 4.69) is 33.3 Å². The number of hydrogen-bond donors (Lipinski definition) is 3. The van der Waals surface area contributed by atoms with Gasteiger partial charge in [0, 0.05) is 25.7 Å². The molecule has 1 aliphatic rings. The number of hydrogen-bond acceptors (Lipinski definition) is 4. The van der Waals surface area contributed by atoms with Crippen LogP contribution in [0, 0.1) is 0 Å². The fraction of sp³-hybridized carbons (Fsp3) is 0.333. The van der Waals surface area contributed by atoms with Crippen LogP contribution in [-0.2, 0) is 10.5 Å². The Labute approximate surface area is 100 Å².